The molecule has 1 aromatic rings. The zero-order chi connectivity index (χ0) is 12.8. The van der Waals surface area contributed by atoms with Crippen LogP contribution in [0, 0.1) is 17.8 Å². The van der Waals surface area contributed by atoms with Gasteiger partial charge in [-0.2, -0.15) is 0 Å². The van der Waals surface area contributed by atoms with Crippen LogP contribution in [0.4, 0.5) is 0 Å². The van der Waals surface area contributed by atoms with Gasteiger partial charge in [0.15, 0.2) is 0 Å². The van der Waals surface area contributed by atoms with Gasteiger partial charge >= 0.3 is 0 Å². The van der Waals surface area contributed by atoms with Crippen molar-refractivity contribution in [2.75, 3.05) is 7.11 Å². The van der Waals surface area contributed by atoms with Gasteiger partial charge in [0.1, 0.15) is 5.75 Å². The first kappa shape index (κ1) is 11.6. The summed E-state index contributed by atoms with van der Waals surface area (Å²) in [7, 11) is 1.76. The highest BCUT2D eigenvalue weighted by Gasteiger charge is 2.39. The highest BCUT2D eigenvalue weighted by molar-refractivity contribution is 5.73. The van der Waals surface area contributed by atoms with Crippen LogP contribution in [0.5, 0.6) is 5.75 Å². The number of allylic oxidation sites excluding steroid dienone is 2. The summed E-state index contributed by atoms with van der Waals surface area (Å²) in [5.74, 6) is 3.83. The van der Waals surface area contributed by atoms with E-state index in [1.165, 1.54) is 49.7 Å². The van der Waals surface area contributed by atoms with E-state index in [-0.39, 0.29) is 0 Å². The van der Waals surface area contributed by atoms with Crippen LogP contribution in [0.15, 0.2) is 24.3 Å². The lowest BCUT2D eigenvalue weighted by atomic mass is 9.66. The molecule has 0 bridgehead atoms. The minimum Gasteiger partial charge on any atom is -0.497 e. The molecule has 0 N–H and O–H groups in total. The quantitative estimate of drug-likeness (QED) is 0.719. The Morgan fingerprint density at radius 2 is 2.11 bits per heavy atom. The van der Waals surface area contributed by atoms with Gasteiger partial charge in [-0.25, -0.2) is 0 Å². The Balaban J connectivity index is 1.75. The fraction of sp³-hybridized carbons (Fsp3) is 0.556. The van der Waals surface area contributed by atoms with Crippen molar-refractivity contribution in [1.82, 2.24) is 0 Å². The molecule has 0 aromatic heterocycles. The van der Waals surface area contributed by atoms with Gasteiger partial charge in [0.2, 0.25) is 0 Å². The van der Waals surface area contributed by atoms with E-state index in [9.17, 15) is 0 Å². The molecule has 0 heterocycles. The van der Waals surface area contributed by atoms with Crippen molar-refractivity contribution in [3.8, 4) is 5.75 Å². The summed E-state index contributed by atoms with van der Waals surface area (Å²) in [4.78, 5) is 0. The van der Waals surface area contributed by atoms with Crippen molar-refractivity contribution in [3.63, 3.8) is 0 Å². The number of hydrogen-bond donors (Lipinski definition) is 0. The lowest BCUT2D eigenvalue weighted by molar-refractivity contribution is 0.282. The number of ether oxygens (including phenoxy) is 1. The fourth-order valence-corrected chi connectivity index (χ4v) is 4.72. The van der Waals surface area contributed by atoms with Gasteiger partial charge in [-0.15, -0.1) is 0 Å². The van der Waals surface area contributed by atoms with Gasteiger partial charge in [-0.3, -0.25) is 0 Å². The molecule has 1 fully saturated rings. The normalized spacial score (nSPS) is 32.1. The SMILES string of the molecule is COc1ccc2c(c1)CC[C@H]1C2=CCC2CCCC21. The maximum atomic E-state index is 5.37. The average molecular weight is 254 g/mol. The maximum absolute atomic E-state index is 5.37. The largest absolute Gasteiger partial charge is 0.497 e. The third-order valence-corrected chi connectivity index (χ3v) is 5.62. The molecule has 3 aliphatic rings. The third kappa shape index (κ3) is 1.74. The van der Waals surface area contributed by atoms with Crippen LogP contribution in [0.2, 0.25) is 0 Å². The molecule has 3 aliphatic carbocycles. The zero-order valence-corrected chi connectivity index (χ0v) is 11.7. The van der Waals surface area contributed by atoms with Crippen molar-refractivity contribution >= 4 is 5.57 Å². The molecular weight excluding hydrogens is 232 g/mol. The minimum absolute atomic E-state index is 0.849. The lowest BCUT2D eigenvalue weighted by Crippen LogP contribution is -2.27. The molecule has 0 amide bonds. The number of fused-ring (bicyclic) bond motifs is 5. The topological polar surface area (TPSA) is 9.23 Å². The van der Waals surface area contributed by atoms with Crippen LogP contribution < -0.4 is 4.74 Å². The first-order chi connectivity index (χ1) is 9.36. The monoisotopic (exact) mass is 254 g/mol. The standard InChI is InChI=1S/C18H22O/c1-19-14-7-10-16-13(11-14)6-9-17-15-4-2-3-12(15)5-8-18(16)17/h7-8,10-12,15,17H,2-6,9H2,1H3/t12?,15?,17-/m1/s1. The Hall–Kier alpha value is -1.24. The van der Waals surface area contributed by atoms with Crippen LogP contribution in [-0.2, 0) is 6.42 Å². The van der Waals surface area contributed by atoms with Gasteiger partial charge in [0.25, 0.3) is 0 Å². The molecule has 0 radical (unpaired) electrons. The highest BCUT2D eigenvalue weighted by atomic mass is 16.5. The van der Waals surface area contributed by atoms with Crippen molar-refractivity contribution in [1.29, 1.82) is 0 Å². The van der Waals surface area contributed by atoms with E-state index in [2.05, 4.69) is 24.3 Å². The summed E-state index contributed by atoms with van der Waals surface area (Å²) >= 11 is 0. The van der Waals surface area contributed by atoms with Crippen molar-refractivity contribution in [2.24, 2.45) is 17.8 Å². The summed E-state index contributed by atoms with van der Waals surface area (Å²) < 4.78 is 5.37. The Labute approximate surface area is 115 Å². The molecule has 19 heavy (non-hydrogen) atoms. The van der Waals surface area contributed by atoms with E-state index in [0.717, 1.165) is 23.5 Å². The second kappa shape index (κ2) is 4.40. The molecule has 1 heteroatoms. The molecule has 1 aromatic carbocycles. The first-order valence-corrected chi connectivity index (χ1v) is 7.74. The molecule has 100 valence electrons. The minimum atomic E-state index is 0.849. The van der Waals surface area contributed by atoms with E-state index < -0.39 is 0 Å². The van der Waals surface area contributed by atoms with Crippen molar-refractivity contribution in [2.45, 2.75) is 38.5 Å². The van der Waals surface area contributed by atoms with Crippen LogP contribution >= 0.6 is 0 Å². The van der Waals surface area contributed by atoms with Gasteiger partial charge in [-0.05, 0) is 78.7 Å². The second-order valence-corrected chi connectivity index (χ2v) is 6.42. The Bertz CT molecular complexity index is 528. The summed E-state index contributed by atoms with van der Waals surface area (Å²) in [6, 6.07) is 6.66. The van der Waals surface area contributed by atoms with E-state index in [1.54, 1.807) is 12.7 Å². The highest BCUT2D eigenvalue weighted by Crippen LogP contribution is 2.52. The van der Waals surface area contributed by atoms with Gasteiger partial charge in [0.05, 0.1) is 7.11 Å². The Kier molecular flexibility index (Phi) is 2.68. The van der Waals surface area contributed by atoms with Crippen LogP contribution in [-0.4, -0.2) is 7.11 Å². The molecule has 0 spiro atoms. The number of methoxy groups -OCH3 is 1. The number of hydrogen-bond acceptors (Lipinski definition) is 1. The third-order valence-electron chi connectivity index (χ3n) is 5.62. The summed E-state index contributed by atoms with van der Waals surface area (Å²) in [5, 5.41) is 0. The molecular formula is C18H22O. The van der Waals surface area contributed by atoms with E-state index in [4.69, 9.17) is 4.74 Å². The number of benzene rings is 1. The van der Waals surface area contributed by atoms with Gasteiger partial charge in [0, 0.05) is 0 Å². The summed E-state index contributed by atoms with van der Waals surface area (Å²) in [5.41, 5.74) is 4.67. The molecule has 4 rings (SSSR count). The number of rotatable bonds is 1. The fourth-order valence-electron chi connectivity index (χ4n) is 4.72. The zero-order valence-electron chi connectivity index (χ0n) is 11.7. The molecule has 1 saturated carbocycles. The van der Waals surface area contributed by atoms with Crippen molar-refractivity contribution < 1.29 is 4.74 Å². The van der Waals surface area contributed by atoms with Crippen LogP contribution in [0.3, 0.4) is 0 Å². The van der Waals surface area contributed by atoms with Gasteiger partial charge < -0.3 is 4.74 Å². The number of aryl methyl sites for hydroxylation is 1. The van der Waals surface area contributed by atoms with Crippen LogP contribution in [0.25, 0.3) is 5.57 Å². The van der Waals surface area contributed by atoms with E-state index in [0.29, 0.717) is 0 Å². The summed E-state index contributed by atoms with van der Waals surface area (Å²) in [6.45, 7) is 0. The summed E-state index contributed by atoms with van der Waals surface area (Å²) in [6.07, 6.45) is 10.9. The smallest absolute Gasteiger partial charge is 0.119 e. The van der Waals surface area contributed by atoms with Crippen LogP contribution in [0.1, 0.15) is 43.2 Å². The molecule has 2 unspecified atom stereocenters. The van der Waals surface area contributed by atoms with Gasteiger partial charge in [-0.1, -0.05) is 18.6 Å². The molecule has 0 aliphatic heterocycles. The lowest BCUT2D eigenvalue weighted by Gasteiger charge is -2.38. The Morgan fingerprint density at radius 3 is 3.00 bits per heavy atom. The van der Waals surface area contributed by atoms with Crippen molar-refractivity contribution in [3.05, 3.63) is 35.4 Å². The predicted octanol–water partition coefficient (Wildman–Crippen LogP) is 4.46. The maximum Gasteiger partial charge on any atom is 0.119 e. The molecule has 1 nitrogen and oxygen atoms in total. The first-order valence-electron chi connectivity index (χ1n) is 7.74. The Morgan fingerprint density at radius 1 is 1.16 bits per heavy atom. The van der Waals surface area contributed by atoms with E-state index >= 15 is 0 Å². The predicted molar refractivity (Wildman–Crippen MR) is 78.2 cm³/mol. The second-order valence-electron chi connectivity index (χ2n) is 6.42. The molecule has 3 atom stereocenters. The van der Waals surface area contributed by atoms with E-state index in [1.807, 2.05) is 0 Å². The average Bonchev–Trinajstić information content (AvgIpc) is 2.94. The molecule has 0 saturated heterocycles.